The largest absolute Gasteiger partial charge is 0.396 e. The second kappa shape index (κ2) is 6.26. The zero-order valence-corrected chi connectivity index (χ0v) is 9.43. The Kier molecular flexibility index (Phi) is 5.28. The number of hydrogen-bond acceptors (Lipinski definition) is 1. The highest BCUT2D eigenvalue weighted by Crippen LogP contribution is 2.27. The summed E-state index contributed by atoms with van der Waals surface area (Å²) in [7, 11) is 0. The quantitative estimate of drug-likeness (QED) is 0.694. The third-order valence-corrected chi connectivity index (χ3v) is 2.85. The predicted octanol–water partition coefficient (Wildman–Crippen LogP) is 3.44. The average molecular weight is 214 g/mol. The summed E-state index contributed by atoms with van der Waals surface area (Å²) in [6, 6.07) is 0. The van der Waals surface area contributed by atoms with Gasteiger partial charge < -0.3 is 5.11 Å². The summed E-state index contributed by atoms with van der Waals surface area (Å²) in [5.41, 5.74) is 1.34. The second-order valence-corrected chi connectivity index (χ2v) is 4.23. The van der Waals surface area contributed by atoms with Crippen LogP contribution in [0, 0.1) is 12.3 Å². The van der Waals surface area contributed by atoms with Gasteiger partial charge in [-0.3, -0.25) is 0 Å². The minimum atomic E-state index is 0.302. The van der Waals surface area contributed by atoms with Gasteiger partial charge in [-0.25, -0.2) is 0 Å². The number of rotatable bonds is 5. The molecule has 0 heterocycles. The Balaban J connectivity index is 2.36. The first-order valence-corrected chi connectivity index (χ1v) is 5.63. The standard InChI is InChI=1S/C12H18ClO/c1-10(5-2-3-8-14)11-6-4-7-12(13)9-11/h6-7,9-10,14H,2-5,8H2,1H3. The summed E-state index contributed by atoms with van der Waals surface area (Å²) in [5.74, 6) is 0.559. The Labute approximate surface area is 91.5 Å². The maximum atomic E-state index is 8.68. The Morgan fingerprint density at radius 1 is 1.50 bits per heavy atom. The van der Waals surface area contributed by atoms with Gasteiger partial charge in [-0.2, -0.15) is 0 Å². The number of unbranched alkanes of at least 4 members (excludes halogenated alkanes) is 1. The van der Waals surface area contributed by atoms with Crippen LogP contribution in [0.25, 0.3) is 0 Å². The van der Waals surface area contributed by atoms with E-state index >= 15 is 0 Å². The van der Waals surface area contributed by atoms with Crippen LogP contribution in [0.1, 0.15) is 32.6 Å². The molecule has 1 aliphatic carbocycles. The maximum absolute atomic E-state index is 8.68. The summed E-state index contributed by atoms with van der Waals surface area (Å²) in [6.45, 7) is 2.52. The first kappa shape index (κ1) is 11.8. The summed E-state index contributed by atoms with van der Waals surface area (Å²) in [6.07, 6.45) is 10.4. The van der Waals surface area contributed by atoms with Crippen molar-refractivity contribution in [2.45, 2.75) is 32.6 Å². The van der Waals surface area contributed by atoms with Crippen molar-refractivity contribution in [3.05, 3.63) is 29.2 Å². The van der Waals surface area contributed by atoms with E-state index in [0.29, 0.717) is 12.5 Å². The van der Waals surface area contributed by atoms with Crippen molar-refractivity contribution >= 4 is 11.6 Å². The zero-order chi connectivity index (χ0) is 10.4. The SMILES string of the molecule is CC(CCCCO)C1=CC(Cl)=CC[CH]1. The van der Waals surface area contributed by atoms with E-state index in [0.717, 1.165) is 30.7 Å². The summed E-state index contributed by atoms with van der Waals surface area (Å²) >= 11 is 5.94. The summed E-state index contributed by atoms with van der Waals surface area (Å²) in [5, 5.41) is 9.54. The highest BCUT2D eigenvalue weighted by molar-refractivity contribution is 6.31. The Morgan fingerprint density at radius 2 is 2.29 bits per heavy atom. The lowest BCUT2D eigenvalue weighted by molar-refractivity contribution is 0.280. The summed E-state index contributed by atoms with van der Waals surface area (Å²) in [4.78, 5) is 0. The van der Waals surface area contributed by atoms with Crippen molar-refractivity contribution in [1.29, 1.82) is 0 Å². The van der Waals surface area contributed by atoms with Crippen molar-refractivity contribution < 1.29 is 5.11 Å². The highest BCUT2D eigenvalue weighted by Gasteiger charge is 2.11. The number of aliphatic hydroxyl groups is 1. The predicted molar refractivity (Wildman–Crippen MR) is 61.0 cm³/mol. The molecule has 0 saturated heterocycles. The Morgan fingerprint density at radius 3 is 2.93 bits per heavy atom. The van der Waals surface area contributed by atoms with Gasteiger partial charge in [0.1, 0.15) is 0 Å². The van der Waals surface area contributed by atoms with Gasteiger partial charge in [0.25, 0.3) is 0 Å². The van der Waals surface area contributed by atoms with Gasteiger partial charge >= 0.3 is 0 Å². The molecule has 0 aromatic heterocycles. The van der Waals surface area contributed by atoms with Gasteiger partial charge in [-0.05, 0) is 37.7 Å². The van der Waals surface area contributed by atoms with Gasteiger partial charge in [0, 0.05) is 11.6 Å². The van der Waals surface area contributed by atoms with Crippen molar-refractivity contribution in [2.75, 3.05) is 6.61 Å². The molecule has 1 nitrogen and oxygen atoms in total. The molecule has 0 aromatic rings. The molecule has 1 unspecified atom stereocenters. The topological polar surface area (TPSA) is 20.2 Å². The third-order valence-electron chi connectivity index (χ3n) is 2.59. The average Bonchev–Trinajstić information content (AvgIpc) is 2.18. The lowest BCUT2D eigenvalue weighted by Crippen LogP contribution is -2.03. The molecule has 0 aromatic carbocycles. The molecule has 1 radical (unpaired) electrons. The minimum absolute atomic E-state index is 0.302. The fourth-order valence-corrected chi connectivity index (χ4v) is 1.87. The fraction of sp³-hybridized carbons (Fsp3) is 0.583. The molecule has 0 aliphatic heterocycles. The molecule has 0 bridgehead atoms. The highest BCUT2D eigenvalue weighted by atomic mass is 35.5. The van der Waals surface area contributed by atoms with Crippen LogP contribution in [0.2, 0.25) is 0 Å². The number of aliphatic hydroxyl groups excluding tert-OH is 1. The molecule has 0 saturated carbocycles. The molecule has 1 atom stereocenters. The molecule has 1 N–H and O–H groups in total. The van der Waals surface area contributed by atoms with Gasteiger partial charge in [0.2, 0.25) is 0 Å². The van der Waals surface area contributed by atoms with Gasteiger partial charge in [-0.1, -0.05) is 36.6 Å². The van der Waals surface area contributed by atoms with Gasteiger partial charge in [0.15, 0.2) is 0 Å². The number of halogens is 1. The van der Waals surface area contributed by atoms with Crippen molar-refractivity contribution in [3.8, 4) is 0 Å². The first-order chi connectivity index (χ1) is 6.74. The normalized spacial score (nSPS) is 18.8. The molecular weight excluding hydrogens is 196 g/mol. The molecule has 0 amide bonds. The minimum Gasteiger partial charge on any atom is -0.396 e. The van der Waals surface area contributed by atoms with Gasteiger partial charge in [-0.15, -0.1) is 0 Å². The number of hydrogen-bond donors (Lipinski definition) is 1. The summed E-state index contributed by atoms with van der Waals surface area (Å²) < 4.78 is 0. The lowest BCUT2D eigenvalue weighted by atomic mass is 9.89. The van der Waals surface area contributed by atoms with Crippen LogP contribution in [0.5, 0.6) is 0 Å². The lowest BCUT2D eigenvalue weighted by Gasteiger charge is -2.17. The zero-order valence-electron chi connectivity index (χ0n) is 8.67. The van der Waals surface area contributed by atoms with Crippen molar-refractivity contribution in [3.63, 3.8) is 0 Å². The van der Waals surface area contributed by atoms with Crippen LogP contribution in [-0.2, 0) is 0 Å². The smallest absolute Gasteiger partial charge is 0.0431 e. The van der Waals surface area contributed by atoms with E-state index in [1.807, 2.05) is 6.08 Å². The van der Waals surface area contributed by atoms with Crippen molar-refractivity contribution in [2.24, 2.45) is 5.92 Å². The van der Waals surface area contributed by atoms with Crippen molar-refractivity contribution in [1.82, 2.24) is 0 Å². The van der Waals surface area contributed by atoms with Crippen LogP contribution in [0.15, 0.2) is 22.8 Å². The molecule has 79 valence electrons. The van der Waals surface area contributed by atoms with Crippen LogP contribution in [0.3, 0.4) is 0 Å². The van der Waals surface area contributed by atoms with E-state index in [-0.39, 0.29) is 0 Å². The van der Waals surface area contributed by atoms with E-state index in [9.17, 15) is 0 Å². The van der Waals surface area contributed by atoms with Crippen LogP contribution in [-0.4, -0.2) is 11.7 Å². The molecule has 2 heteroatoms. The van der Waals surface area contributed by atoms with Crippen LogP contribution in [0.4, 0.5) is 0 Å². The molecule has 0 spiro atoms. The molecule has 14 heavy (non-hydrogen) atoms. The van der Waals surface area contributed by atoms with E-state index in [1.54, 1.807) is 0 Å². The molecule has 1 rings (SSSR count). The third kappa shape index (κ3) is 3.85. The van der Waals surface area contributed by atoms with E-state index < -0.39 is 0 Å². The maximum Gasteiger partial charge on any atom is 0.0431 e. The fourth-order valence-electron chi connectivity index (χ4n) is 1.66. The van der Waals surface area contributed by atoms with E-state index in [4.69, 9.17) is 16.7 Å². The van der Waals surface area contributed by atoms with E-state index in [1.165, 1.54) is 5.57 Å². The van der Waals surface area contributed by atoms with Crippen LogP contribution >= 0.6 is 11.6 Å². The molecule has 0 fully saturated rings. The molecular formula is C12H18ClO. The monoisotopic (exact) mass is 213 g/mol. The Bertz CT molecular complexity index is 230. The van der Waals surface area contributed by atoms with E-state index in [2.05, 4.69) is 19.4 Å². The van der Waals surface area contributed by atoms with Crippen LogP contribution < -0.4 is 0 Å². The second-order valence-electron chi connectivity index (χ2n) is 3.79. The first-order valence-electron chi connectivity index (χ1n) is 5.25. The molecule has 1 aliphatic rings. The Hall–Kier alpha value is -0.270. The van der Waals surface area contributed by atoms with Gasteiger partial charge in [0.05, 0.1) is 0 Å². The number of allylic oxidation sites excluding steroid dienone is 4.